The van der Waals surface area contributed by atoms with Gasteiger partial charge in [-0.15, -0.1) is 0 Å². The highest BCUT2D eigenvalue weighted by atomic mass is 16.3. The lowest BCUT2D eigenvalue weighted by atomic mass is 10.0. The topological polar surface area (TPSA) is 89.2 Å². The Labute approximate surface area is 194 Å². The third kappa shape index (κ3) is 5.76. The number of hydrogen-bond acceptors (Lipinski definition) is 5. The molecule has 0 radical (unpaired) electrons. The zero-order valence-electron chi connectivity index (χ0n) is 18.7. The fourth-order valence-corrected chi connectivity index (χ4v) is 4.44. The summed E-state index contributed by atoms with van der Waals surface area (Å²) in [7, 11) is 1.75. The quantitative estimate of drug-likeness (QED) is 0.583. The van der Waals surface area contributed by atoms with Crippen molar-refractivity contribution in [2.24, 2.45) is 0 Å². The minimum Gasteiger partial charge on any atom is -0.508 e. The first-order chi connectivity index (χ1) is 16.0. The number of carbonyl (C=O) groups is 1. The molecule has 4 rings (SSSR count). The molecule has 6 nitrogen and oxygen atoms in total. The Kier molecular flexibility index (Phi) is 7.01. The van der Waals surface area contributed by atoms with E-state index in [1.54, 1.807) is 30.3 Å². The van der Waals surface area contributed by atoms with Crippen LogP contribution in [0.4, 0.5) is 0 Å². The number of aromatic nitrogens is 1. The lowest BCUT2D eigenvalue weighted by Gasteiger charge is -2.18. The maximum atomic E-state index is 12.8. The van der Waals surface area contributed by atoms with Crippen LogP contribution in [-0.4, -0.2) is 40.0 Å². The van der Waals surface area contributed by atoms with E-state index in [2.05, 4.69) is 16.4 Å². The normalized spacial score (nSPS) is 17.5. The summed E-state index contributed by atoms with van der Waals surface area (Å²) in [6.07, 6.45) is 7.11. The number of nitriles is 1. The van der Waals surface area contributed by atoms with Gasteiger partial charge in [-0.3, -0.25) is 9.78 Å². The van der Waals surface area contributed by atoms with Crippen molar-refractivity contribution in [2.75, 3.05) is 7.05 Å². The Hall–Kier alpha value is -3.69. The van der Waals surface area contributed by atoms with Crippen molar-refractivity contribution in [3.05, 3.63) is 94.8 Å². The lowest BCUT2D eigenvalue weighted by molar-refractivity contribution is 0.0785. The van der Waals surface area contributed by atoms with Crippen LogP contribution >= 0.6 is 0 Å². The Morgan fingerprint density at radius 3 is 2.55 bits per heavy atom. The molecule has 2 N–H and O–H groups in total. The molecular formula is C27H28N4O2. The van der Waals surface area contributed by atoms with Crippen molar-refractivity contribution >= 4 is 5.91 Å². The minimum absolute atomic E-state index is 0.0642. The summed E-state index contributed by atoms with van der Waals surface area (Å²) in [6, 6.07) is 19.9. The van der Waals surface area contributed by atoms with Gasteiger partial charge >= 0.3 is 0 Å². The van der Waals surface area contributed by atoms with E-state index in [0.29, 0.717) is 35.5 Å². The summed E-state index contributed by atoms with van der Waals surface area (Å²) in [4.78, 5) is 18.5. The summed E-state index contributed by atoms with van der Waals surface area (Å²) < 4.78 is 0. The van der Waals surface area contributed by atoms with E-state index < -0.39 is 0 Å². The van der Waals surface area contributed by atoms with Crippen molar-refractivity contribution in [2.45, 2.75) is 44.3 Å². The van der Waals surface area contributed by atoms with Gasteiger partial charge in [0.1, 0.15) is 11.8 Å². The fraction of sp³-hybridized carbons (Fsp3) is 0.296. The SMILES string of the molecule is CN(Cc1cncc(C#N)c1)C(=O)c1ccc(C[C@@H]2CC[C@H](Cc3ccccc3O)N2)cc1. The standard InChI is InChI=1S/C27H28N4O2/c1-31(18-21-12-20(15-28)16-29-17-21)27(33)22-8-6-19(7-9-22)13-24-10-11-25(30-24)14-23-4-2-3-5-26(23)32/h2-9,12,16-17,24-25,30,32H,10-11,13-14,18H2,1H3/t24-,25+/m0/s1. The second kappa shape index (κ2) is 10.3. The van der Waals surface area contributed by atoms with E-state index in [1.807, 2.05) is 42.5 Å². The van der Waals surface area contributed by atoms with Crippen molar-refractivity contribution < 1.29 is 9.90 Å². The van der Waals surface area contributed by atoms with E-state index in [9.17, 15) is 9.90 Å². The number of phenolic OH excluding ortho intramolecular Hbond substituents is 1. The Balaban J connectivity index is 1.30. The average molecular weight is 441 g/mol. The molecule has 0 saturated carbocycles. The molecule has 1 aliphatic rings. The number of carbonyl (C=O) groups excluding carboxylic acids is 1. The maximum Gasteiger partial charge on any atom is 0.253 e. The molecule has 2 aromatic carbocycles. The molecule has 1 aromatic heterocycles. The number of pyridine rings is 1. The molecule has 33 heavy (non-hydrogen) atoms. The highest BCUT2D eigenvalue weighted by Crippen LogP contribution is 2.24. The number of hydrogen-bond donors (Lipinski definition) is 2. The monoisotopic (exact) mass is 440 g/mol. The number of rotatable bonds is 7. The van der Waals surface area contributed by atoms with Gasteiger partial charge in [-0.25, -0.2) is 0 Å². The third-order valence-corrected chi connectivity index (χ3v) is 6.17. The minimum atomic E-state index is -0.0642. The van der Waals surface area contributed by atoms with Gasteiger partial charge in [-0.1, -0.05) is 30.3 Å². The Morgan fingerprint density at radius 1 is 1.09 bits per heavy atom. The predicted molar refractivity (Wildman–Crippen MR) is 127 cm³/mol. The van der Waals surface area contributed by atoms with Gasteiger partial charge in [0.2, 0.25) is 0 Å². The van der Waals surface area contributed by atoms with Crippen LogP contribution in [0.3, 0.4) is 0 Å². The second-order valence-electron chi connectivity index (χ2n) is 8.73. The smallest absolute Gasteiger partial charge is 0.253 e. The van der Waals surface area contributed by atoms with Gasteiger partial charge in [0, 0.05) is 43.6 Å². The van der Waals surface area contributed by atoms with E-state index >= 15 is 0 Å². The number of phenols is 1. The Morgan fingerprint density at radius 2 is 1.82 bits per heavy atom. The second-order valence-corrected chi connectivity index (χ2v) is 8.73. The van der Waals surface area contributed by atoms with Gasteiger partial charge in [0.05, 0.1) is 5.56 Å². The summed E-state index contributed by atoms with van der Waals surface area (Å²) in [5.74, 6) is 0.299. The molecule has 2 heterocycles. The van der Waals surface area contributed by atoms with E-state index in [1.165, 1.54) is 11.8 Å². The molecule has 168 valence electrons. The highest BCUT2D eigenvalue weighted by Gasteiger charge is 2.24. The van der Waals surface area contributed by atoms with Crippen LogP contribution in [0.2, 0.25) is 0 Å². The van der Waals surface area contributed by atoms with Gasteiger partial charge in [0.15, 0.2) is 0 Å². The fourth-order valence-electron chi connectivity index (χ4n) is 4.44. The molecule has 1 fully saturated rings. The number of nitrogens with one attached hydrogen (secondary N) is 1. The molecule has 6 heteroatoms. The van der Waals surface area contributed by atoms with Crippen LogP contribution in [-0.2, 0) is 19.4 Å². The number of amides is 1. The molecule has 1 amide bonds. The summed E-state index contributed by atoms with van der Waals surface area (Å²) in [5.41, 5.74) is 4.13. The molecule has 1 aliphatic heterocycles. The molecule has 3 aromatic rings. The van der Waals surface area contributed by atoms with Crippen molar-refractivity contribution in [3.63, 3.8) is 0 Å². The number of aromatic hydroxyl groups is 1. The summed E-state index contributed by atoms with van der Waals surface area (Å²) >= 11 is 0. The van der Waals surface area contributed by atoms with Crippen LogP contribution in [0.5, 0.6) is 5.75 Å². The third-order valence-electron chi connectivity index (χ3n) is 6.17. The van der Waals surface area contributed by atoms with Gasteiger partial charge in [0.25, 0.3) is 5.91 Å². The predicted octanol–water partition coefficient (Wildman–Crippen LogP) is 3.84. The van der Waals surface area contributed by atoms with Crippen LogP contribution in [0.15, 0.2) is 67.0 Å². The van der Waals surface area contributed by atoms with Crippen molar-refractivity contribution in [1.29, 1.82) is 5.26 Å². The molecule has 2 atom stereocenters. The van der Waals surface area contributed by atoms with E-state index in [-0.39, 0.29) is 5.91 Å². The van der Waals surface area contributed by atoms with Gasteiger partial charge in [-0.2, -0.15) is 5.26 Å². The molecular weight excluding hydrogens is 412 g/mol. The van der Waals surface area contributed by atoms with Crippen molar-refractivity contribution in [1.82, 2.24) is 15.2 Å². The van der Waals surface area contributed by atoms with Crippen LogP contribution < -0.4 is 5.32 Å². The zero-order chi connectivity index (χ0) is 23.2. The average Bonchev–Trinajstić information content (AvgIpc) is 3.27. The first-order valence-corrected chi connectivity index (χ1v) is 11.2. The van der Waals surface area contributed by atoms with E-state index in [0.717, 1.165) is 36.8 Å². The number of benzene rings is 2. The summed E-state index contributed by atoms with van der Waals surface area (Å²) in [5, 5.41) is 22.7. The molecule has 0 bridgehead atoms. The molecule has 1 saturated heterocycles. The molecule has 0 unspecified atom stereocenters. The largest absolute Gasteiger partial charge is 0.508 e. The molecule has 0 aliphatic carbocycles. The number of para-hydroxylation sites is 1. The van der Waals surface area contributed by atoms with Gasteiger partial charge in [-0.05, 0) is 66.6 Å². The Bertz CT molecular complexity index is 1150. The summed E-state index contributed by atoms with van der Waals surface area (Å²) in [6.45, 7) is 0.396. The van der Waals surface area contributed by atoms with Crippen molar-refractivity contribution in [3.8, 4) is 11.8 Å². The van der Waals surface area contributed by atoms with Crippen LogP contribution in [0.1, 0.15) is 45.5 Å². The molecule has 0 spiro atoms. The van der Waals surface area contributed by atoms with Gasteiger partial charge < -0.3 is 15.3 Å². The zero-order valence-corrected chi connectivity index (χ0v) is 18.7. The first kappa shape index (κ1) is 22.5. The van der Waals surface area contributed by atoms with Crippen LogP contribution in [0, 0.1) is 11.3 Å². The van der Waals surface area contributed by atoms with Crippen LogP contribution in [0.25, 0.3) is 0 Å². The first-order valence-electron chi connectivity index (χ1n) is 11.2. The maximum absolute atomic E-state index is 12.8. The highest BCUT2D eigenvalue weighted by molar-refractivity contribution is 5.94. The number of nitrogens with zero attached hydrogens (tertiary/aromatic N) is 3. The lowest BCUT2D eigenvalue weighted by Crippen LogP contribution is -2.32. The van der Waals surface area contributed by atoms with E-state index in [4.69, 9.17) is 5.26 Å².